The van der Waals surface area contributed by atoms with Gasteiger partial charge in [-0.25, -0.2) is 14.4 Å². The van der Waals surface area contributed by atoms with E-state index >= 15 is 0 Å². The molecule has 0 aliphatic carbocycles. The number of aliphatic carboxylic acids is 1. The number of carbonyl (C=O) groups is 1. The lowest BCUT2D eigenvalue weighted by atomic mass is 10.1. The molecule has 0 saturated carbocycles. The van der Waals surface area contributed by atoms with Crippen LogP contribution < -0.4 is 16.5 Å². The molecule has 14 heteroatoms. The van der Waals surface area contributed by atoms with E-state index in [2.05, 4.69) is 9.51 Å². The first-order valence-electron chi connectivity index (χ1n) is 6.91. The van der Waals surface area contributed by atoms with E-state index in [0.29, 0.717) is 0 Å². The Morgan fingerprint density at radius 1 is 1.48 bits per heavy atom. The van der Waals surface area contributed by atoms with Crippen LogP contribution in [0, 0.1) is 0 Å². The van der Waals surface area contributed by atoms with Crippen molar-refractivity contribution in [2.45, 2.75) is 24.5 Å². The van der Waals surface area contributed by atoms with Gasteiger partial charge in [-0.15, -0.1) is 0 Å². The molecule has 7 N–H and O–H groups in total. The lowest BCUT2D eigenvalue weighted by Gasteiger charge is -2.18. The number of aliphatic hydroxyl groups excluding tert-OH is 2. The molecule has 13 nitrogen and oxygen atoms in total. The van der Waals surface area contributed by atoms with Crippen LogP contribution in [0.25, 0.3) is 0 Å². The second kappa shape index (κ2) is 7.58. The minimum atomic E-state index is -4.45. The summed E-state index contributed by atoms with van der Waals surface area (Å²) in [5.41, 5.74) is 4.53. The molecule has 140 valence electrons. The summed E-state index contributed by atoms with van der Waals surface area (Å²) in [5.74, 6) is -1.42. The van der Waals surface area contributed by atoms with E-state index in [1.807, 2.05) is 0 Å². The predicted molar refractivity (Wildman–Crippen MR) is 80.2 cm³/mol. The van der Waals surface area contributed by atoms with Gasteiger partial charge in [-0.1, -0.05) is 0 Å². The van der Waals surface area contributed by atoms with E-state index in [-0.39, 0.29) is 5.82 Å². The van der Waals surface area contributed by atoms with Crippen molar-refractivity contribution in [1.82, 2.24) is 14.6 Å². The Kier molecular flexibility index (Phi) is 5.90. The van der Waals surface area contributed by atoms with Crippen molar-refractivity contribution in [2.24, 2.45) is 0 Å². The molecule has 25 heavy (non-hydrogen) atoms. The van der Waals surface area contributed by atoms with E-state index in [4.69, 9.17) is 15.6 Å². The third kappa shape index (κ3) is 4.83. The molecule has 1 aromatic heterocycles. The fourth-order valence-corrected chi connectivity index (χ4v) is 2.88. The van der Waals surface area contributed by atoms with E-state index in [1.165, 1.54) is 12.3 Å². The van der Waals surface area contributed by atoms with Gasteiger partial charge in [-0.2, -0.15) is 4.98 Å². The molecule has 5 atom stereocenters. The molecule has 0 radical (unpaired) electrons. The molecule has 0 amide bonds. The minimum absolute atomic E-state index is 0.0418. The SMILES string of the molecule is Nc1ccn([C@@H]2O[C@H](COP(=O)(O)NCC(=O)O)[C@@H](O)[C@H]2O)c(=O)n1. The Hall–Kier alpha value is -1.86. The number of anilines is 1. The molecule has 2 heterocycles. The van der Waals surface area contributed by atoms with E-state index in [9.17, 15) is 29.3 Å². The van der Waals surface area contributed by atoms with Gasteiger partial charge < -0.3 is 30.7 Å². The quantitative estimate of drug-likeness (QED) is 0.266. The second-order valence-electron chi connectivity index (χ2n) is 5.13. The van der Waals surface area contributed by atoms with Gasteiger partial charge in [0.15, 0.2) is 6.23 Å². The largest absolute Gasteiger partial charge is 0.480 e. The van der Waals surface area contributed by atoms with Crippen molar-refractivity contribution in [1.29, 1.82) is 0 Å². The van der Waals surface area contributed by atoms with Crippen LogP contribution in [-0.2, 0) is 18.6 Å². The zero-order chi connectivity index (χ0) is 18.8. The van der Waals surface area contributed by atoms with Crippen molar-refractivity contribution in [2.75, 3.05) is 18.9 Å². The molecule has 1 aliphatic rings. The third-order valence-corrected chi connectivity index (χ3v) is 4.36. The van der Waals surface area contributed by atoms with Crippen LogP contribution in [0.4, 0.5) is 5.82 Å². The van der Waals surface area contributed by atoms with Gasteiger partial charge in [-0.3, -0.25) is 13.9 Å². The molecule has 0 spiro atoms. The maximum Gasteiger partial charge on any atom is 0.403 e. The van der Waals surface area contributed by atoms with Crippen LogP contribution >= 0.6 is 7.75 Å². The van der Waals surface area contributed by atoms with Gasteiger partial charge in [0.1, 0.15) is 30.7 Å². The summed E-state index contributed by atoms with van der Waals surface area (Å²) in [5, 5.41) is 30.2. The fourth-order valence-electron chi connectivity index (χ4n) is 2.10. The van der Waals surface area contributed by atoms with E-state index in [1.54, 1.807) is 5.09 Å². The molecule has 0 aromatic carbocycles. The summed E-state index contributed by atoms with van der Waals surface area (Å²) < 4.78 is 22.4. The number of rotatable bonds is 7. The second-order valence-corrected chi connectivity index (χ2v) is 6.75. The van der Waals surface area contributed by atoms with Gasteiger partial charge in [0, 0.05) is 6.20 Å². The molecule has 0 bridgehead atoms. The standard InChI is InChI=1S/C11H17N4O9P/c12-6-1-2-15(11(20)14-6)10-9(19)8(18)5(24-10)4-23-25(21,22)13-3-7(16)17/h1-2,5,8-10,18-19H,3-4H2,(H,16,17)(H2,12,14,20)(H2,13,21,22)/t5-,8-,9-,10-/m1/s1. The number of aromatic nitrogens is 2. The molecule has 2 rings (SSSR count). The maximum atomic E-state index is 11.8. The zero-order valence-corrected chi connectivity index (χ0v) is 13.5. The Balaban J connectivity index is 2.03. The molecule has 1 aromatic rings. The summed E-state index contributed by atoms with van der Waals surface area (Å²) in [6.07, 6.45) is -4.43. The zero-order valence-electron chi connectivity index (χ0n) is 12.6. The number of nitrogens with one attached hydrogen (secondary N) is 1. The summed E-state index contributed by atoms with van der Waals surface area (Å²) in [6, 6.07) is 1.28. The van der Waals surface area contributed by atoms with Crippen LogP contribution in [0.15, 0.2) is 17.1 Å². The highest BCUT2D eigenvalue weighted by Gasteiger charge is 2.45. The number of ether oxygens (including phenoxy) is 1. The fraction of sp³-hybridized carbons (Fsp3) is 0.545. The maximum absolute atomic E-state index is 11.8. The first kappa shape index (κ1) is 19.5. The lowest BCUT2D eigenvalue weighted by Crippen LogP contribution is -2.36. The number of hydrogen-bond acceptors (Lipinski definition) is 9. The third-order valence-electron chi connectivity index (χ3n) is 3.31. The molecule has 1 saturated heterocycles. The Morgan fingerprint density at radius 3 is 2.76 bits per heavy atom. The van der Waals surface area contributed by atoms with Crippen molar-refractivity contribution in [3.63, 3.8) is 0 Å². The first-order chi connectivity index (χ1) is 11.6. The summed E-state index contributed by atoms with van der Waals surface area (Å²) >= 11 is 0. The molecule has 1 aliphatic heterocycles. The molecule has 1 unspecified atom stereocenters. The number of nitrogen functional groups attached to an aromatic ring is 1. The number of nitrogens with two attached hydrogens (primary N) is 1. The minimum Gasteiger partial charge on any atom is -0.480 e. The number of carboxylic acids is 1. The first-order valence-corrected chi connectivity index (χ1v) is 8.49. The average molecular weight is 380 g/mol. The normalized spacial score (nSPS) is 28.6. The van der Waals surface area contributed by atoms with Crippen LogP contribution in [0.1, 0.15) is 6.23 Å². The summed E-state index contributed by atoms with van der Waals surface area (Å²) in [6.45, 7) is -1.47. The molecule has 1 fully saturated rings. The molecular formula is C11H17N4O9P. The highest BCUT2D eigenvalue weighted by atomic mass is 31.2. The Labute approximate surface area is 140 Å². The highest BCUT2D eigenvalue weighted by molar-refractivity contribution is 7.50. The smallest absolute Gasteiger partial charge is 0.403 e. The monoisotopic (exact) mass is 380 g/mol. The van der Waals surface area contributed by atoms with Crippen LogP contribution in [0.3, 0.4) is 0 Å². The Bertz CT molecular complexity index is 741. The van der Waals surface area contributed by atoms with Crippen molar-refractivity contribution < 1.29 is 38.8 Å². The van der Waals surface area contributed by atoms with Gasteiger partial charge in [0.25, 0.3) is 0 Å². The van der Waals surface area contributed by atoms with E-state index < -0.39 is 57.1 Å². The number of aliphatic hydroxyl groups is 2. The molecular weight excluding hydrogens is 363 g/mol. The number of carboxylic acid groups (broad SMARTS) is 1. The Morgan fingerprint density at radius 2 is 2.16 bits per heavy atom. The van der Waals surface area contributed by atoms with Crippen LogP contribution in [0.5, 0.6) is 0 Å². The van der Waals surface area contributed by atoms with Crippen molar-refractivity contribution in [3.05, 3.63) is 22.7 Å². The predicted octanol–water partition coefficient (Wildman–Crippen LogP) is -2.76. The lowest BCUT2D eigenvalue weighted by molar-refractivity contribution is -0.135. The van der Waals surface area contributed by atoms with E-state index in [0.717, 1.165) is 4.57 Å². The van der Waals surface area contributed by atoms with Crippen molar-refractivity contribution >= 4 is 19.5 Å². The van der Waals surface area contributed by atoms with Gasteiger partial charge >= 0.3 is 19.4 Å². The topological polar surface area (TPSA) is 206 Å². The van der Waals surface area contributed by atoms with Gasteiger partial charge in [0.05, 0.1) is 6.61 Å². The number of nitrogens with zero attached hydrogens (tertiary/aromatic N) is 2. The van der Waals surface area contributed by atoms with Crippen molar-refractivity contribution in [3.8, 4) is 0 Å². The number of hydrogen-bond donors (Lipinski definition) is 6. The van der Waals surface area contributed by atoms with Crippen LogP contribution in [0.2, 0.25) is 0 Å². The van der Waals surface area contributed by atoms with Crippen LogP contribution in [-0.4, -0.2) is 67.2 Å². The summed E-state index contributed by atoms with van der Waals surface area (Å²) in [4.78, 5) is 35.0. The summed E-state index contributed by atoms with van der Waals surface area (Å²) in [7, 11) is -4.45. The average Bonchev–Trinajstić information content (AvgIpc) is 2.80. The van der Waals surface area contributed by atoms with Gasteiger partial charge in [-0.05, 0) is 6.07 Å². The van der Waals surface area contributed by atoms with Gasteiger partial charge in [0.2, 0.25) is 0 Å². The highest BCUT2D eigenvalue weighted by Crippen LogP contribution is 2.38.